The van der Waals surface area contributed by atoms with Gasteiger partial charge in [0.2, 0.25) is 0 Å². The summed E-state index contributed by atoms with van der Waals surface area (Å²) in [7, 11) is 0. The van der Waals surface area contributed by atoms with Gasteiger partial charge in [0.05, 0.1) is 11.8 Å². The first-order chi connectivity index (χ1) is 8.38. The fourth-order valence-electron chi connectivity index (χ4n) is 1.29. The quantitative estimate of drug-likeness (QED) is 0.849. The Hall–Kier alpha value is -1.96. The molecule has 8 heteroatoms. The van der Waals surface area contributed by atoms with E-state index in [0.717, 1.165) is 17.1 Å². The number of alkyl halides is 3. The van der Waals surface area contributed by atoms with Crippen LogP contribution in [0.3, 0.4) is 0 Å². The van der Waals surface area contributed by atoms with Gasteiger partial charge in [-0.15, -0.1) is 0 Å². The Bertz CT molecular complexity index is 591. The summed E-state index contributed by atoms with van der Waals surface area (Å²) in [6.45, 7) is 0. The van der Waals surface area contributed by atoms with Crippen LogP contribution < -0.4 is 5.73 Å². The van der Waals surface area contributed by atoms with Gasteiger partial charge < -0.3 is 5.73 Å². The number of nitrogens with zero attached hydrogens (tertiary/aromatic N) is 3. The van der Waals surface area contributed by atoms with Gasteiger partial charge >= 0.3 is 6.18 Å². The van der Waals surface area contributed by atoms with Gasteiger partial charge in [-0.05, 0) is 12.1 Å². The SMILES string of the molecule is NC(=S)c1ccnc(-n2cc(C(F)(F)F)cn2)c1. The summed E-state index contributed by atoms with van der Waals surface area (Å²) in [6, 6.07) is 3.04. The van der Waals surface area contributed by atoms with E-state index in [9.17, 15) is 13.2 Å². The summed E-state index contributed by atoms with van der Waals surface area (Å²) in [6.07, 6.45) is -1.45. The Morgan fingerprint density at radius 3 is 2.67 bits per heavy atom. The molecule has 2 rings (SSSR count). The summed E-state index contributed by atoms with van der Waals surface area (Å²) < 4.78 is 38.2. The molecular formula is C10H7F3N4S. The summed E-state index contributed by atoms with van der Waals surface area (Å²) in [4.78, 5) is 4.05. The number of pyridine rings is 1. The number of aromatic nitrogens is 3. The highest BCUT2D eigenvalue weighted by Gasteiger charge is 2.32. The van der Waals surface area contributed by atoms with Crippen molar-refractivity contribution in [1.82, 2.24) is 14.8 Å². The first-order valence-corrected chi connectivity index (χ1v) is 5.17. The molecule has 94 valence electrons. The van der Waals surface area contributed by atoms with Crippen LogP contribution in [0.5, 0.6) is 0 Å². The second-order valence-corrected chi connectivity index (χ2v) is 3.88. The minimum atomic E-state index is -4.43. The van der Waals surface area contributed by atoms with E-state index in [1.807, 2.05) is 0 Å². The monoisotopic (exact) mass is 272 g/mol. The number of nitrogens with two attached hydrogens (primary N) is 1. The van der Waals surface area contributed by atoms with E-state index in [1.165, 1.54) is 12.3 Å². The lowest BCUT2D eigenvalue weighted by Crippen LogP contribution is -2.10. The maximum Gasteiger partial charge on any atom is 0.419 e. The lowest BCUT2D eigenvalue weighted by atomic mass is 10.2. The Morgan fingerprint density at radius 2 is 2.11 bits per heavy atom. The third-order valence-corrected chi connectivity index (χ3v) is 2.41. The predicted octanol–water partition coefficient (Wildman–Crippen LogP) is 1.92. The van der Waals surface area contributed by atoms with Crippen LogP contribution in [0.4, 0.5) is 13.2 Å². The molecule has 0 amide bonds. The van der Waals surface area contributed by atoms with Crippen LogP contribution >= 0.6 is 12.2 Å². The average molecular weight is 272 g/mol. The van der Waals surface area contributed by atoms with Crippen LogP contribution in [0.2, 0.25) is 0 Å². The molecule has 2 aromatic rings. The van der Waals surface area contributed by atoms with Crippen LogP contribution in [0.25, 0.3) is 5.82 Å². The summed E-state index contributed by atoms with van der Waals surface area (Å²) in [5.74, 6) is 0.218. The maximum absolute atomic E-state index is 12.4. The first-order valence-electron chi connectivity index (χ1n) is 4.76. The number of hydrogen-bond donors (Lipinski definition) is 1. The molecule has 0 saturated carbocycles. The number of hydrogen-bond acceptors (Lipinski definition) is 3. The predicted molar refractivity (Wildman–Crippen MR) is 62.2 cm³/mol. The van der Waals surface area contributed by atoms with Gasteiger partial charge in [-0.1, -0.05) is 12.2 Å². The maximum atomic E-state index is 12.4. The average Bonchev–Trinajstić information content (AvgIpc) is 2.78. The zero-order valence-corrected chi connectivity index (χ0v) is 9.66. The van der Waals surface area contributed by atoms with Crippen LogP contribution in [0.1, 0.15) is 11.1 Å². The van der Waals surface area contributed by atoms with E-state index >= 15 is 0 Å². The molecule has 0 aliphatic rings. The van der Waals surface area contributed by atoms with Gasteiger partial charge in [0, 0.05) is 18.0 Å². The number of halogens is 3. The van der Waals surface area contributed by atoms with Crippen LogP contribution in [-0.4, -0.2) is 19.8 Å². The molecule has 4 nitrogen and oxygen atoms in total. The van der Waals surface area contributed by atoms with Crippen LogP contribution in [-0.2, 0) is 6.18 Å². The van der Waals surface area contributed by atoms with Crippen LogP contribution in [0.15, 0.2) is 30.7 Å². The van der Waals surface area contributed by atoms with E-state index in [1.54, 1.807) is 6.07 Å². The molecule has 2 N–H and O–H groups in total. The zero-order chi connectivity index (χ0) is 13.3. The van der Waals surface area contributed by atoms with Gasteiger partial charge in [0.25, 0.3) is 0 Å². The molecule has 0 aliphatic carbocycles. The largest absolute Gasteiger partial charge is 0.419 e. The van der Waals surface area contributed by atoms with Crippen molar-refractivity contribution in [3.8, 4) is 5.82 Å². The molecule has 0 aliphatic heterocycles. The second kappa shape index (κ2) is 4.37. The fraction of sp³-hybridized carbons (Fsp3) is 0.100. The van der Waals surface area contributed by atoms with Crippen LogP contribution in [0, 0.1) is 0 Å². The first kappa shape index (κ1) is 12.5. The van der Waals surface area contributed by atoms with Crippen molar-refractivity contribution in [1.29, 1.82) is 0 Å². The molecule has 0 fully saturated rings. The van der Waals surface area contributed by atoms with E-state index in [4.69, 9.17) is 18.0 Å². The van der Waals surface area contributed by atoms with Crippen molar-refractivity contribution >= 4 is 17.2 Å². The van der Waals surface area contributed by atoms with E-state index in [2.05, 4.69) is 10.1 Å². The zero-order valence-electron chi connectivity index (χ0n) is 8.85. The Morgan fingerprint density at radius 1 is 1.39 bits per heavy atom. The third kappa shape index (κ3) is 2.48. The van der Waals surface area contributed by atoms with Crippen molar-refractivity contribution in [3.05, 3.63) is 41.9 Å². The smallest absolute Gasteiger partial charge is 0.389 e. The van der Waals surface area contributed by atoms with Crippen molar-refractivity contribution in [2.75, 3.05) is 0 Å². The molecule has 0 saturated heterocycles. The third-order valence-electron chi connectivity index (χ3n) is 2.17. The molecule has 2 aromatic heterocycles. The number of thiocarbonyl (C=S) groups is 1. The highest BCUT2D eigenvalue weighted by Crippen LogP contribution is 2.28. The lowest BCUT2D eigenvalue weighted by Gasteiger charge is -2.03. The van der Waals surface area contributed by atoms with E-state index in [0.29, 0.717) is 5.56 Å². The highest BCUT2D eigenvalue weighted by molar-refractivity contribution is 7.80. The normalized spacial score (nSPS) is 11.5. The van der Waals surface area contributed by atoms with E-state index in [-0.39, 0.29) is 10.8 Å². The fourth-order valence-corrected chi connectivity index (χ4v) is 1.42. The molecule has 0 aromatic carbocycles. The molecule has 18 heavy (non-hydrogen) atoms. The van der Waals surface area contributed by atoms with Crippen molar-refractivity contribution in [2.45, 2.75) is 6.18 Å². The summed E-state index contributed by atoms with van der Waals surface area (Å²) in [5, 5.41) is 3.60. The van der Waals surface area contributed by atoms with Gasteiger partial charge in [-0.2, -0.15) is 18.3 Å². The molecule has 0 atom stereocenters. The number of rotatable bonds is 2. The highest BCUT2D eigenvalue weighted by atomic mass is 32.1. The Balaban J connectivity index is 2.40. The molecular weight excluding hydrogens is 265 g/mol. The summed E-state index contributed by atoms with van der Waals surface area (Å²) >= 11 is 4.78. The minimum absolute atomic E-state index is 0.141. The van der Waals surface area contributed by atoms with Crippen molar-refractivity contribution in [3.63, 3.8) is 0 Å². The van der Waals surface area contributed by atoms with Gasteiger partial charge in [-0.3, -0.25) is 0 Å². The lowest BCUT2D eigenvalue weighted by molar-refractivity contribution is -0.137. The molecule has 0 bridgehead atoms. The second-order valence-electron chi connectivity index (χ2n) is 3.44. The topological polar surface area (TPSA) is 56.7 Å². The van der Waals surface area contributed by atoms with Crippen molar-refractivity contribution in [2.24, 2.45) is 5.73 Å². The van der Waals surface area contributed by atoms with E-state index < -0.39 is 11.7 Å². The molecule has 2 heterocycles. The molecule has 0 spiro atoms. The van der Waals surface area contributed by atoms with Gasteiger partial charge in [-0.25, -0.2) is 9.67 Å². The molecule has 0 radical (unpaired) electrons. The Labute approximate surface area is 105 Å². The van der Waals surface area contributed by atoms with Crippen molar-refractivity contribution < 1.29 is 13.2 Å². The Kier molecular flexibility index (Phi) is 3.04. The standard InChI is InChI=1S/C10H7F3N4S/c11-10(12,13)7-4-16-17(5-7)8-3-6(9(14)18)1-2-15-8/h1-5H,(H2,14,18). The van der Waals surface area contributed by atoms with Gasteiger partial charge in [0.15, 0.2) is 5.82 Å². The minimum Gasteiger partial charge on any atom is -0.389 e. The molecule has 0 unspecified atom stereocenters. The van der Waals surface area contributed by atoms with Gasteiger partial charge in [0.1, 0.15) is 4.99 Å². The summed E-state index contributed by atoms with van der Waals surface area (Å²) in [5.41, 5.74) is 5.10.